The summed E-state index contributed by atoms with van der Waals surface area (Å²) in [5.41, 5.74) is 2.10. The number of hydrogen-bond acceptors (Lipinski definition) is 6. The summed E-state index contributed by atoms with van der Waals surface area (Å²) in [6.07, 6.45) is 1.62. The van der Waals surface area contributed by atoms with Gasteiger partial charge in [-0.3, -0.25) is 19.4 Å². The van der Waals surface area contributed by atoms with Crippen molar-refractivity contribution in [3.05, 3.63) is 47.4 Å². The maximum absolute atomic E-state index is 13.2. The molecule has 2 fully saturated rings. The van der Waals surface area contributed by atoms with Crippen LogP contribution in [0.15, 0.2) is 30.5 Å². The number of carbonyl (C=O) groups is 3. The number of carbonyl (C=O) groups excluding carboxylic acids is 3. The average Bonchev–Trinajstić information content (AvgIpc) is 2.72. The fourth-order valence-electron chi connectivity index (χ4n) is 4.88. The van der Waals surface area contributed by atoms with Crippen LogP contribution in [-0.4, -0.2) is 61.3 Å². The molecule has 1 aromatic carbocycles. The number of amides is 1. The van der Waals surface area contributed by atoms with Crippen molar-refractivity contribution in [2.24, 2.45) is 5.41 Å². The molecule has 2 aliphatic rings. The van der Waals surface area contributed by atoms with E-state index in [0.29, 0.717) is 35.7 Å². The van der Waals surface area contributed by atoms with Gasteiger partial charge in [0.1, 0.15) is 35.7 Å². The van der Waals surface area contributed by atoms with E-state index in [2.05, 4.69) is 4.98 Å². The summed E-state index contributed by atoms with van der Waals surface area (Å²) < 4.78 is 23.7. The Bertz CT molecular complexity index is 1060. The third kappa shape index (κ3) is 3.90. The number of hydrogen-bond donors (Lipinski definition) is 0. The number of benzene rings is 1. The van der Waals surface area contributed by atoms with Crippen molar-refractivity contribution in [1.82, 2.24) is 9.88 Å². The van der Waals surface area contributed by atoms with Gasteiger partial charge in [0.05, 0.1) is 19.0 Å². The quantitative estimate of drug-likeness (QED) is 0.665. The van der Waals surface area contributed by atoms with E-state index in [-0.39, 0.29) is 36.9 Å². The van der Waals surface area contributed by atoms with Crippen LogP contribution in [0.5, 0.6) is 5.75 Å². The third-order valence-corrected chi connectivity index (χ3v) is 6.30. The maximum Gasteiger partial charge on any atom is 0.248 e. The smallest absolute Gasteiger partial charge is 0.248 e. The highest BCUT2D eigenvalue weighted by atomic mass is 19.1. The molecule has 1 aliphatic heterocycles. The van der Waals surface area contributed by atoms with Crippen LogP contribution in [0.4, 0.5) is 4.39 Å². The Morgan fingerprint density at radius 1 is 1.19 bits per heavy atom. The molecule has 1 spiro atoms. The van der Waals surface area contributed by atoms with E-state index < -0.39 is 17.2 Å². The molecule has 1 aromatic heterocycles. The minimum Gasteiger partial charge on any atom is -0.496 e. The first-order chi connectivity index (χ1) is 15.3. The van der Waals surface area contributed by atoms with Crippen molar-refractivity contribution in [2.75, 3.05) is 33.9 Å². The van der Waals surface area contributed by atoms with Crippen molar-refractivity contribution < 1.29 is 28.2 Å². The molecule has 0 radical (unpaired) electrons. The second kappa shape index (κ2) is 8.43. The number of rotatable bonds is 5. The minimum atomic E-state index is -0.894. The zero-order valence-corrected chi connectivity index (χ0v) is 18.3. The van der Waals surface area contributed by atoms with Gasteiger partial charge in [0.25, 0.3) is 0 Å². The maximum atomic E-state index is 13.2. The van der Waals surface area contributed by atoms with E-state index in [1.54, 1.807) is 17.0 Å². The van der Waals surface area contributed by atoms with Crippen LogP contribution in [0.25, 0.3) is 11.3 Å². The number of ketones is 2. The van der Waals surface area contributed by atoms with Gasteiger partial charge in [-0.1, -0.05) is 0 Å². The Hall–Kier alpha value is -3.13. The van der Waals surface area contributed by atoms with Gasteiger partial charge in [-0.05, 0) is 36.8 Å². The second-order valence-electron chi connectivity index (χ2n) is 8.67. The molecule has 8 heteroatoms. The van der Waals surface area contributed by atoms with Crippen molar-refractivity contribution in [3.63, 3.8) is 0 Å². The van der Waals surface area contributed by atoms with E-state index in [9.17, 15) is 18.8 Å². The summed E-state index contributed by atoms with van der Waals surface area (Å²) in [5.74, 6) is -1.35. The number of aromatic nitrogens is 1. The number of Topliss-reactive ketones (excluding diaryl/α,β-unsaturated/α-hetero) is 2. The molecule has 1 saturated carbocycles. The highest BCUT2D eigenvalue weighted by Gasteiger charge is 2.53. The standard InChI is InChI=1S/C24H25FN2O5/c1-14-6-15(17-5-4-16(25)10-26-17)7-20(32-3)22(14)23-18(28)8-24(9-19(23)29)12-27(13-24)21(30)11-31-2/h4-7,10,23H,8-9,11-13H2,1-3H3. The lowest BCUT2D eigenvalue weighted by atomic mass is 9.63. The zero-order chi connectivity index (χ0) is 23.0. The molecule has 0 N–H and O–H groups in total. The predicted molar refractivity (Wildman–Crippen MR) is 114 cm³/mol. The lowest BCUT2D eigenvalue weighted by Gasteiger charge is -2.52. The molecule has 7 nitrogen and oxygen atoms in total. The zero-order valence-electron chi connectivity index (χ0n) is 18.3. The molecule has 2 aromatic rings. The highest BCUT2D eigenvalue weighted by Crippen LogP contribution is 2.47. The van der Waals surface area contributed by atoms with Gasteiger partial charge < -0.3 is 14.4 Å². The van der Waals surface area contributed by atoms with Crippen LogP contribution in [0, 0.1) is 18.2 Å². The number of methoxy groups -OCH3 is 2. The Kier molecular flexibility index (Phi) is 5.81. The van der Waals surface area contributed by atoms with Crippen LogP contribution < -0.4 is 4.74 Å². The third-order valence-electron chi connectivity index (χ3n) is 6.30. The number of nitrogens with zero attached hydrogens (tertiary/aromatic N) is 2. The van der Waals surface area contributed by atoms with Crippen molar-refractivity contribution >= 4 is 17.5 Å². The van der Waals surface area contributed by atoms with Gasteiger partial charge in [0, 0.05) is 49.6 Å². The number of halogens is 1. The Morgan fingerprint density at radius 2 is 1.88 bits per heavy atom. The van der Waals surface area contributed by atoms with Crippen LogP contribution in [-0.2, 0) is 19.1 Å². The molecule has 2 heterocycles. The van der Waals surface area contributed by atoms with E-state index in [4.69, 9.17) is 9.47 Å². The molecule has 1 aliphatic carbocycles. The van der Waals surface area contributed by atoms with Crippen molar-refractivity contribution in [3.8, 4) is 17.0 Å². The number of pyridine rings is 1. The largest absolute Gasteiger partial charge is 0.496 e. The average molecular weight is 440 g/mol. The minimum absolute atomic E-state index is 0.00769. The van der Waals surface area contributed by atoms with Gasteiger partial charge in [-0.15, -0.1) is 0 Å². The van der Waals surface area contributed by atoms with Crippen molar-refractivity contribution in [2.45, 2.75) is 25.7 Å². The topological polar surface area (TPSA) is 85.8 Å². The number of likely N-dealkylation sites (tertiary alicyclic amines) is 1. The molecule has 32 heavy (non-hydrogen) atoms. The highest BCUT2D eigenvalue weighted by molar-refractivity contribution is 6.11. The Labute approximate surface area is 185 Å². The monoisotopic (exact) mass is 440 g/mol. The van der Waals surface area contributed by atoms with Crippen LogP contribution in [0.3, 0.4) is 0 Å². The van der Waals surface area contributed by atoms with Crippen LogP contribution in [0.2, 0.25) is 0 Å². The van der Waals surface area contributed by atoms with Gasteiger partial charge in [0.15, 0.2) is 0 Å². The van der Waals surface area contributed by atoms with E-state index in [1.807, 2.05) is 13.0 Å². The lowest BCUT2D eigenvalue weighted by molar-refractivity contribution is -0.157. The predicted octanol–water partition coefficient (Wildman–Crippen LogP) is 2.70. The fourth-order valence-corrected chi connectivity index (χ4v) is 4.88. The molecule has 1 saturated heterocycles. The molecule has 0 unspecified atom stereocenters. The summed E-state index contributed by atoms with van der Waals surface area (Å²) in [6, 6.07) is 6.45. The summed E-state index contributed by atoms with van der Waals surface area (Å²) >= 11 is 0. The first-order valence-electron chi connectivity index (χ1n) is 10.4. The SMILES string of the molecule is COCC(=O)N1CC2(CC(=O)C(c3c(C)cc(-c4ccc(F)cn4)cc3OC)C(=O)C2)C1. The summed E-state index contributed by atoms with van der Waals surface area (Å²) in [4.78, 5) is 44.1. The molecular weight excluding hydrogens is 415 g/mol. The van der Waals surface area contributed by atoms with Crippen LogP contribution >= 0.6 is 0 Å². The molecular formula is C24H25FN2O5. The van der Waals surface area contributed by atoms with Crippen LogP contribution in [0.1, 0.15) is 29.9 Å². The van der Waals surface area contributed by atoms with Gasteiger partial charge in [-0.2, -0.15) is 0 Å². The molecule has 0 bridgehead atoms. The van der Waals surface area contributed by atoms with Gasteiger partial charge in [0.2, 0.25) is 5.91 Å². The molecule has 1 amide bonds. The van der Waals surface area contributed by atoms with Gasteiger partial charge >= 0.3 is 0 Å². The molecule has 168 valence electrons. The van der Waals surface area contributed by atoms with E-state index in [0.717, 1.165) is 11.8 Å². The number of ether oxygens (including phenoxy) is 2. The lowest BCUT2D eigenvalue weighted by Crippen LogP contribution is -2.62. The van der Waals surface area contributed by atoms with E-state index in [1.165, 1.54) is 20.3 Å². The Morgan fingerprint density at radius 3 is 2.44 bits per heavy atom. The summed E-state index contributed by atoms with van der Waals surface area (Å²) in [5, 5.41) is 0. The molecule has 4 rings (SSSR count). The first kappa shape index (κ1) is 22.1. The molecule has 0 atom stereocenters. The normalized spacial score (nSPS) is 18.1. The Balaban J connectivity index is 1.59. The van der Waals surface area contributed by atoms with Crippen molar-refractivity contribution in [1.29, 1.82) is 0 Å². The number of aryl methyl sites for hydroxylation is 1. The van der Waals surface area contributed by atoms with E-state index >= 15 is 0 Å². The summed E-state index contributed by atoms with van der Waals surface area (Å²) in [6.45, 7) is 2.60. The summed E-state index contributed by atoms with van der Waals surface area (Å²) in [7, 11) is 2.95. The van der Waals surface area contributed by atoms with Gasteiger partial charge in [-0.25, -0.2) is 4.39 Å². The fraction of sp³-hybridized carbons (Fsp3) is 0.417. The second-order valence-corrected chi connectivity index (χ2v) is 8.67. The first-order valence-corrected chi connectivity index (χ1v) is 10.4.